The molecule has 1 aliphatic rings. The van der Waals surface area contributed by atoms with E-state index in [2.05, 4.69) is 16.3 Å². The molecule has 0 atom stereocenters. The number of hydrogen-bond donors (Lipinski definition) is 1. The first-order valence-corrected chi connectivity index (χ1v) is 7.15. The van der Waals surface area contributed by atoms with Crippen molar-refractivity contribution < 1.29 is 4.79 Å². The maximum Gasteiger partial charge on any atom is 0.257 e. The van der Waals surface area contributed by atoms with Crippen molar-refractivity contribution in [3.8, 4) is 0 Å². The van der Waals surface area contributed by atoms with Gasteiger partial charge in [-0.05, 0) is 57.5 Å². The lowest BCUT2D eigenvalue weighted by Gasteiger charge is -2.28. The second-order valence-corrected chi connectivity index (χ2v) is 5.57. The highest BCUT2D eigenvalue weighted by molar-refractivity contribution is 7.80. The summed E-state index contributed by atoms with van der Waals surface area (Å²) in [4.78, 5) is 14.3. The molecule has 2 rings (SSSR count). The summed E-state index contributed by atoms with van der Waals surface area (Å²) in [5, 5.41) is 3.40. The number of thiocarbonyl (C=S) groups is 1. The standard InChI is InChI=1S/C15H20N2OS/c1-11-8-12(2)10-13(9-11)14(18)16-15(19)17-6-4-3-5-7-17/h8-10H,3-7H2,1-2H3,(H,16,18,19). The molecular weight excluding hydrogens is 256 g/mol. The van der Waals surface area contributed by atoms with Crippen molar-refractivity contribution in [1.29, 1.82) is 0 Å². The third-order valence-corrected chi connectivity index (χ3v) is 3.71. The van der Waals surface area contributed by atoms with Gasteiger partial charge in [0.1, 0.15) is 0 Å². The lowest BCUT2D eigenvalue weighted by atomic mass is 10.1. The van der Waals surface area contributed by atoms with Gasteiger partial charge in [0, 0.05) is 18.7 Å². The summed E-state index contributed by atoms with van der Waals surface area (Å²) >= 11 is 5.31. The van der Waals surface area contributed by atoms with Crippen molar-refractivity contribution in [2.45, 2.75) is 33.1 Å². The first-order valence-electron chi connectivity index (χ1n) is 6.75. The quantitative estimate of drug-likeness (QED) is 0.801. The van der Waals surface area contributed by atoms with Gasteiger partial charge in [-0.1, -0.05) is 17.2 Å². The normalized spacial score (nSPS) is 15.2. The maximum atomic E-state index is 12.2. The van der Waals surface area contributed by atoms with Crippen molar-refractivity contribution in [3.05, 3.63) is 34.9 Å². The van der Waals surface area contributed by atoms with Crippen LogP contribution in [-0.4, -0.2) is 29.0 Å². The van der Waals surface area contributed by atoms with Crippen molar-refractivity contribution in [2.75, 3.05) is 13.1 Å². The smallest absolute Gasteiger partial charge is 0.257 e. The van der Waals surface area contributed by atoms with Crippen LogP contribution >= 0.6 is 12.2 Å². The fourth-order valence-corrected chi connectivity index (χ4v) is 2.73. The molecule has 1 amide bonds. The zero-order valence-electron chi connectivity index (χ0n) is 11.5. The molecule has 1 aliphatic heterocycles. The molecule has 102 valence electrons. The topological polar surface area (TPSA) is 32.3 Å². The van der Waals surface area contributed by atoms with Crippen LogP contribution in [0.4, 0.5) is 0 Å². The van der Waals surface area contributed by atoms with Gasteiger partial charge in [-0.25, -0.2) is 0 Å². The number of piperidine rings is 1. The van der Waals surface area contributed by atoms with Gasteiger partial charge in [-0.15, -0.1) is 0 Å². The second kappa shape index (κ2) is 6.15. The molecule has 0 aliphatic carbocycles. The van der Waals surface area contributed by atoms with Crippen LogP contribution in [0.25, 0.3) is 0 Å². The second-order valence-electron chi connectivity index (χ2n) is 5.18. The van der Waals surface area contributed by atoms with Crippen LogP contribution in [0.2, 0.25) is 0 Å². The molecule has 0 spiro atoms. The summed E-state index contributed by atoms with van der Waals surface area (Å²) in [6.45, 7) is 5.89. The van der Waals surface area contributed by atoms with Gasteiger partial charge in [0.25, 0.3) is 5.91 Å². The number of amides is 1. The van der Waals surface area contributed by atoms with E-state index < -0.39 is 0 Å². The summed E-state index contributed by atoms with van der Waals surface area (Å²) in [6.07, 6.45) is 3.56. The third-order valence-electron chi connectivity index (χ3n) is 3.35. The molecule has 0 unspecified atom stereocenters. The van der Waals surface area contributed by atoms with Crippen LogP contribution in [-0.2, 0) is 0 Å². The zero-order chi connectivity index (χ0) is 13.8. The Morgan fingerprint density at radius 2 is 1.68 bits per heavy atom. The number of aryl methyl sites for hydroxylation is 2. The van der Waals surface area contributed by atoms with Gasteiger partial charge in [-0.3, -0.25) is 10.1 Å². The van der Waals surface area contributed by atoms with E-state index in [0.717, 1.165) is 37.1 Å². The number of benzene rings is 1. The van der Waals surface area contributed by atoms with E-state index in [9.17, 15) is 4.79 Å². The molecule has 0 bridgehead atoms. The molecule has 1 fully saturated rings. The predicted octanol–water partition coefficient (Wildman–Crippen LogP) is 2.80. The van der Waals surface area contributed by atoms with Crippen molar-refractivity contribution in [3.63, 3.8) is 0 Å². The van der Waals surface area contributed by atoms with E-state index in [-0.39, 0.29) is 5.91 Å². The van der Waals surface area contributed by atoms with Crippen LogP contribution in [0.5, 0.6) is 0 Å². The summed E-state index contributed by atoms with van der Waals surface area (Å²) in [7, 11) is 0. The monoisotopic (exact) mass is 276 g/mol. The molecule has 1 heterocycles. The molecule has 0 aromatic heterocycles. The molecular formula is C15H20N2OS. The van der Waals surface area contributed by atoms with E-state index in [1.54, 1.807) is 0 Å². The van der Waals surface area contributed by atoms with Crippen LogP contribution in [0.15, 0.2) is 18.2 Å². The van der Waals surface area contributed by atoms with E-state index in [1.165, 1.54) is 6.42 Å². The van der Waals surface area contributed by atoms with Gasteiger partial charge >= 0.3 is 0 Å². The molecule has 3 nitrogen and oxygen atoms in total. The Kier molecular flexibility index (Phi) is 4.53. The number of carbonyl (C=O) groups excluding carboxylic acids is 1. The van der Waals surface area contributed by atoms with Crippen LogP contribution in [0.1, 0.15) is 40.7 Å². The van der Waals surface area contributed by atoms with E-state index >= 15 is 0 Å². The first kappa shape index (κ1) is 14.0. The minimum Gasteiger partial charge on any atom is -0.349 e. The molecule has 1 aromatic rings. The van der Waals surface area contributed by atoms with Crippen LogP contribution < -0.4 is 5.32 Å². The average molecular weight is 276 g/mol. The summed E-state index contributed by atoms with van der Waals surface area (Å²) in [5.74, 6) is -0.109. The summed E-state index contributed by atoms with van der Waals surface area (Å²) in [5.41, 5.74) is 2.86. The molecule has 1 N–H and O–H groups in total. The minimum absolute atomic E-state index is 0.109. The summed E-state index contributed by atoms with van der Waals surface area (Å²) < 4.78 is 0. The fraction of sp³-hybridized carbons (Fsp3) is 0.467. The lowest BCUT2D eigenvalue weighted by Crippen LogP contribution is -2.44. The van der Waals surface area contributed by atoms with E-state index in [0.29, 0.717) is 10.7 Å². The van der Waals surface area contributed by atoms with E-state index in [1.807, 2.05) is 26.0 Å². The highest BCUT2D eigenvalue weighted by Gasteiger charge is 2.16. The zero-order valence-corrected chi connectivity index (χ0v) is 12.3. The van der Waals surface area contributed by atoms with Gasteiger partial charge in [0.05, 0.1) is 0 Å². The largest absolute Gasteiger partial charge is 0.349 e. The number of hydrogen-bond acceptors (Lipinski definition) is 2. The average Bonchev–Trinajstić information content (AvgIpc) is 2.38. The van der Waals surface area contributed by atoms with Crippen LogP contribution in [0.3, 0.4) is 0 Å². The highest BCUT2D eigenvalue weighted by atomic mass is 32.1. The molecule has 1 aromatic carbocycles. The Morgan fingerprint density at radius 1 is 1.11 bits per heavy atom. The summed E-state index contributed by atoms with van der Waals surface area (Å²) in [6, 6.07) is 5.84. The number of nitrogens with one attached hydrogen (secondary N) is 1. The number of nitrogens with zero attached hydrogens (tertiary/aromatic N) is 1. The Morgan fingerprint density at radius 3 is 2.26 bits per heavy atom. The molecule has 0 saturated carbocycles. The molecule has 1 saturated heterocycles. The van der Waals surface area contributed by atoms with Gasteiger partial charge < -0.3 is 4.90 Å². The number of rotatable bonds is 1. The molecule has 4 heteroatoms. The SMILES string of the molecule is Cc1cc(C)cc(C(=O)NC(=S)N2CCCCC2)c1. The van der Waals surface area contributed by atoms with Gasteiger partial charge in [0.2, 0.25) is 0 Å². The maximum absolute atomic E-state index is 12.2. The van der Waals surface area contributed by atoms with Gasteiger partial charge in [0.15, 0.2) is 5.11 Å². The Hall–Kier alpha value is -1.42. The van der Waals surface area contributed by atoms with E-state index in [4.69, 9.17) is 12.2 Å². The third kappa shape index (κ3) is 3.77. The van der Waals surface area contributed by atoms with Crippen molar-refractivity contribution in [2.24, 2.45) is 0 Å². The van der Waals surface area contributed by atoms with Gasteiger partial charge in [-0.2, -0.15) is 0 Å². The first-order chi connectivity index (χ1) is 9.06. The van der Waals surface area contributed by atoms with Crippen molar-refractivity contribution >= 4 is 23.2 Å². The Balaban J connectivity index is 2.01. The number of carbonyl (C=O) groups is 1. The Labute approximate surface area is 120 Å². The predicted molar refractivity (Wildman–Crippen MR) is 81.4 cm³/mol. The van der Waals surface area contributed by atoms with Crippen LogP contribution in [0, 0.1) is 13.8 Å². The lowest BCUT2D eigenvalue weighted by molar-refractivity contribution is 0.0972. The molecule has 19 heavy (non-hydrogen) atoms. The molecule has 0 radical (unpaired) electrons. The Bertz CT molecular complexity index is 473. The fourth-order valence-electron chi connectivity index (χ4n) is 2.45. The highest BCUT2D eigenvalue weighted by Crippen LogP contribution is 2.11. The minimum atomic E-state index is -0.109. The number of likely N-dealkylation sites (tertiary alicyclic amines) is 1. The van der Waals surface area contributed by atoms with Crippen molar-refractivity contribution in [1.82, 2.24) is 10.2 Å².